The standard InChI is InChI=1S/C11H16N2O4/c1-2-3-12-4-6-13(7-5-12)10(14)8-17-9-11(15)16/h1H,3-9H2,(H,15,16). The van der Waals surface area contributed by atoms with E-state index in [4.69, 9.17) is 16.3 Å². The zero-order valence-corrected chi connectivity index (χ0v) is 9.59. The molecule has 6 heteroatoms. The molecule has 1 fully saturated rings. The molecule has 0 saturated carbocycles. The molecule has 1 amide bonds. The van der Waals surface area contributed by atoms with Gasteiger partial charge in [0.05, 0.1) is 6.54 Å². The van der Waals surface area contributed by atoms with E-state index in [1.54, 1.807) is 4.90 Å². The van der Waals surface area contributed by atoms with Crippen molar-refractivity contribution in [1.29, 1.82) is 0 Å². The van der Waals surface area contributed by atoms with Crippen LogP contribution in [0.1, 0.15) is 0 Å². The Morgan fingerprint density at radius 3 is 2.41 bits per heavy atom. The maximum absolute atomic E-state index is 11.6. The number of piperazine rings is 1. The van der Waals surface area contributed by atoms with Crippen molar-refractivity contribution in [2.24, 2.45) is 0 Å². The van der Waals surface area contributed by atoms with Gasteiger partial charge in [0.2, 0.25) is 5.91 Å². The molecule has 1 saturated heterocycles. The van der Waals surface area contributed by atoms with Gasteiger partial charge in [0.1, 0.15) is 13.2 Å². The van der Waals surface area contributed by atoms with Crippen LogP contribution in [0, 0.1) is 12.3 Å². The molecule has 1 aliphatic rings. The first kappa shape index (κ1) is 13.5. The molecule has 94 valence electrons. The maximum Gasteiger partial charge on any atom is 0.329 e. The van der Waals surface area contributed by atoms with Crippen molar-refractivity contribution in [3.05, 3.63) is 0 Å². The summed E-state index contributed by atoms with van der Waals surface area (Å²) in [4.78, 5) is 25.5. The zero-order chi connectivity index (χ0) is 12.7. The fourth-order valence-electron chi connectivity index (χ4n) is 1.60. The van der Waals surface area contributed by atoms with Crippen LogP contribution in [0.2, 0.25) is 0 Å². The number of rotatable bonds is 5. The molecular weight excluding hydrogens is 224 g/mol. The van der Waals surface area contributed by atoms with Gasteiger partial charge in [-0.15, -0.1) is 6.42 Å². The van der Waals surface area contributed by atoms with Gasteiger partial charge in [0, 0.05) is 26.2 Å². The van der Waals surface area contributed by atoms with E-state index < -0.39 is 12.6 Å². The summed E-state index contributed by atoms with van der Waals surface area (Å²) in [5.74, 6) is 1.31. The van der Waals surface area contributed by atoms with Gasteiger partial charge in [0.15, 0.2) is 0 Å². The Hall–Kier alpha value is -1.58. The van der Waals surface area contributed by atoms with Crippen LogP contribution in [0.3, 0.4) is 0 Å². The van der Waals surface area contributed by atoms with E-state index in [9.17, 15) is 9.59 Å². The highest BCUT2D eigenvalue weighted by Gasteiger charge is 2.20. The summed E-state index contributed by atoms with van der Waals surface area (Å²) in [5.41, 5.74) is 0. The van der Waals surface area contributed by atoms with Gasteiger partial charge < -0.3 is 14.7 Å². The number of terminal acetylenes is 1. The average molecular weight is 240 g/mol. The largest absolute Gasteiger partial charge is 0.480 e. The molecule has 0 bridgehead atoms. The summed E-state index contributed by atoms with van der Waals surface area (Å²) in [5, 5.41) is 8.36. The zero-order valence-electron chi connectivity index (χ0n) is 9.59. The molecule has 1 rings (SSSR count). The molecule has 17 heavy (non-hydrogen) atoms. The summed E-state index contributed by atoms with van der Waals surface area (Å²) in [6.45, 7) is 2.68. The third-order valence-corrected chi connectivity index (χ3v) is 2.49. The Morgan fingerprint density at radius 1 is 1.24 bits per heavy atom. The number of aliphatic carboxylic acids is 1. The summed E-state index contributed by atoms with van der Waals surface area (Å²) < 4.78 is 4.75. The van der Waals surface area contributed by atoms with E-state index in [1.807, 2.05) is 0 Å². The minimum absolute atomic E-state index is 0.174. The van der Waals surface area contributed by atoms with Crippen molar-refractivity contribution in [3.63, 3.8) is 0 Å². The van der Waals surface area contributed by atoms with Crippen LogP contribution in [0.5, 0.6) is 0 Å². The lowest BCUT2D eigenvalue weighted by Gasteiger charge is -2.33. The van der Waals surface area contributed by atoms with E-state index >= 15 is 0 Å². The van der Waals surface area contributed by atoms with E-state index in [0.717, 1.165) is 13.1 Å². The molecule has 1 heterocycles. The third kappa shape index (κ3) is 4.85. The van der Waals surface area contributed by atoms with Gasteiger partial charge in [-0.25, -0.2) is 4.79 Å². The van der Waals surface area contributed by atoms with Gasteiger partial charge in [-0.3, -0.25) is 9.69 Å². The summed E-state index contributed by atoms with van der Waals surface area (Å²) in [7, 11) is 0. The molecule has 0 radical (unpaired) electrons. The predicted molar refractivity (Wildman–Crippen MR) is 60.3 cm³/mol. The van der Waals surface area contributed by atoms with Crippen molar-refractivity contribution >= 4 is 11.9 Å². The van der Waals surface area contributed by atoms with E-state index in [1.165, 1.54) is 0 Å². The van der Waals surface area contributed by atoms with E-state index in [2.05, 4.69) is 10.8 Å². The average Bonchev–Trinajstić information content (AvgIpc) is 2.30. The number of carboxylic acid groups (broad SMARTS) is 1. The molecule has 1 N–H and O–H groups in total. The fraction of sp³-hybridized carbons (Fsp3) is 0.636. The lowest BCUT2D eigenvalue weighted by Crippen LogP contribution is -2.49. The van der Waals surface area contributed by atoms with E-state index in [0.29, 0.717) is 19.6 Å². The quantitative estimate of drug-likeness (QED) is 0.615. The number of carboxylic acids is 1. The molecule has 1 aliphatic heterocycles. The van der Waals surface area contributed by atoms with Crippen LogP contribution in [-0.4, -0.2) is 72.7 Å². The highest BCUT2D eigenvalue weighted by molar-refractivity contribution is 5.78. The van der Waals surface area contributed by atoms with Crippen molar-refractivity contribution < 1.29 is 19.4 Å². The van der Waals surface area contributed by atoms with Crippen LogP contribution in [-0.2, 0) is 14.3 Å². The van der Waals surface area contributed by atoms with Gasteiger partial charge in [-0.05, 0) is 0 Å². The highest BCUT2D eigenvalue weighted by atomic mass is 16.5. The lowest BCUT2D eigenvalue weighted by atomic mass is 10.3. The molecule has 0 unspecified atom stereocenters. The molecular formula is C11H16N2O4. The minimum Gasteiger partial charge on any atom is -0.480 e. The third-order valence-electron chi connectivity index (χ3n) is 2.49. The first-order valence-corrected chi connectivity index (χ1v) is 5.36. The van der Waals surface area contributed by atoms with Gasteiger partial charge in [-0.1, -0.05) is 5.92 Å². The normalized spacial score (nSPS) is 16.5. The van der Waals surface area contributed by atoms with Gasteiger partial charge in [0.25, 0.3) is 0 Å². The molecule has 6 nitrogen and oxygen atoms in total. The first-order chi connectivity index (χ1) is 8.13. The number of ether oxygens (including phenoxy) is 1. The Kier molecular flexibility index (Phi) is 5.46. The topological polar surface area (TPSA) is 70.1 Å². The monoisotopic (exact) mass is 240 g/mol. The van der Waals surface area contributed by atoms with E-state index in [-0.39, 0.29) is 12.5 Å². The number of carbonyl (C=O) groups excluding carboxylic acids is 1. The number of hydrogen-bond donors (Lipinski definition) is 1. The molecule has 0 aromatic carbocycles. The Bertz CT molecular complexity index is 316. The van der Waals surface area contributed by atoms with Crippen molar-refractivity contribution in [3.8, 4) is 12.3 Å². The van der Waals surface area contributed by atoms with Crippen molar-refractivity contribution in [1.82, 2.24) is 9.80 Å². The van der Waals surface area contributed by atoms with Gasteiger partial charge >= 0.3 is 5.97 Å². The van der Waals surface area contributed by atoms with Crippen LogP contribution < -0.4 is 0 Å². The predicted octanol–water partition coefficient (Wildman–Crippen LogP) is -1.13. The Labute approximate surface area is 100 Å². The van der Waals surface area contributed by atoms with Crippen molar-refractivity contribution in [2.75, 3.05) is 45.9 Å². The number of amides is 1. The van der Waals surface area contributed by atoms with Crippen LogP contribution in [0.25, 0.3) is 0 Å². The second kappa shape index (κ2) is 6.89. The molecule has 0 aliphatic carbocycles. The molecule has 0 atom stereocenters. The first-order valence-electron chi connectivity index (χ1n) is 5.36. The van der Waals surface area contributed by atoms with Crippen molar-refractivity contribution in [2.45, 2.75) is 0 Å². The smallest absolute Gasteiger partial charge is 0.329 e. The Morgan fingerprint density at radius 2 is 1.88 bits per heavy atom. The number of carbonyl (C=O) groups is 2. The van der Waals surface area contributed by atoms with Crippen LogP contribution >= 0.6 is 0 Å². The van der Waals surface area contributed by atoms with Crippen LogP contribution in [0.4, 0.5) is 0 Å². The molecule has 0 aromatic rings. The van der Waals surface area contributed by atoms with Crippen LogP contribution in [0.15, 0.2) is 0 Å². The lowest BCUT2D eigenvalue weighted by molar-refractivity contribution is -0.146. The summed E-state index contributed by atoms with van der Waals surface area (Å²) in [6.07, 6.45) is 5.20. The second-order valence-electron chi connectivity index (χ2n) is 3.75. The number of nitrogens with zero attached hydrogens (tertiary/aromatic N) is 2. The maximum atomic E-state index is 11.6. The number of hydrogen-bond acceptors (Lipinski definition) is 4. The SMILES string of the molecule is C#CCN1CCN(C(=O)COCC(=O)O)CC1. The summed E-state index contributed by atoms with van der Waals surface area (Å²) in [6, 6.07) is 0. The Balaban J connectivity index is 2.22. The molecule has 0 aromatic heterocycles. The molecule has 0 spiro atoms. The summed E-state index contributed by atoms with van der Waals surface area (Å²) >= 11 is 0. The fourth-order valence-corrected chi connectivity index (χ4v) is 1.60. The highest BCUT2D eigenvalue weighted by Crippen LogP contribution is 2.01. The minimum atomic E-state index is -1.07. The van der Waals surface area contributed by atoms with Gasteiger partial charge in [-0.2, -0.15) is 0 Å². The second-order valence-corrected chi connectivity index (χ2v) is 3.75.